The van der Waals surface area contributed by atoms with Crippen molar-refractivity contribution in [1.29, 1.82) is 0 Å². The molecule has 0 saturated heterocycles. The predicted molar refractivity (Wildman–Crippen MR) is 115 cm³/mol. The summed E-state index contributed by atoms with van der Waals surface area (Å²) >= 11 is 3.40. The third-order valence-corrected chi connectivity index (χ3v) is 5.92. The second-order valence-corrected chi connectivity index (χ2v) is 7.96. The lowest BCUT2D eigenvalue weighted by Gasteiger charge is -2.34. The Morgan fingerprint density at radius 3 is 2.77 bits per heavy atom. The van der Waals surface area contributed by atoms with Crippen LogP contribution in [0.1, 0.15) is 18.1 Å². The molecule has 8 nitrogen and oxygen atoms in total. The summed E-state index contributed by atoms with van der Waals surface area (Å²) in [6.07, 6.45) is 0. The van der Waals surface area contributed by atoms with Crippen molar-refractivity contribution in [2.75, 3.05) is 11.9 Å². The largest absolute Gasteiger partial charge is 0.462 e. The van der Waals surface area contributed by atoms with Gasteiger partial charge in [0.2, 0.25) is 11.8 Å². The SMILES string of the molecule is CCOC(=O)C1=C(N)Oc2c(c(=O)oc3ccccc23)[C@]12C(=O)Nc1ccc(Br)cc12. The van der Waals surface area contributed by atoms with E-state index in [9.17, 15) is 14.4 Å². The molecule has 0 bridgehead atoms. The predicted octanol–water partition coefficient (Wildman–Crippen LogP) is 2.92. The average Bonchev–Trinajstić information content (AvgIpc) is 3.00. The van der Waals surface area contributed by atoms with E-state index in [4.69, 9.17) is 19.6 Å². The van der Waals surface area contributed by atoms with Gasteiger partial charge in [-0.3, -0.25) is 4.79 Å². The summed E-state index contributed by atoms with van der Waals surface area (Å²) in [6, 6.07) is 11.8. The van der Waals surface area contributed by atoms with Crippen molar-refractivity contribution in [3.8, 4) is 5.75 Å². The lowest BCUT2D eigenvalue weighted by atomic mass is 9.68. The van der Waals surface area contributed by atoms with Gasteiger partial charge in [-0.05, 0) is 37.3 Å². The van der Waals surface area contributed by atoms with E-state index in [-0.39, 0.29) is 35.0 Å². The fourth-order valence-electron chi connectivity index (χ4n) is 4.25. The maximum atomic E-state index is 13.6. The van der Waals surface area contributed by atoms with Crippen molar-refractivity contribution >= 4 is 44.5 Å². The second-order valence-electron chi connectivity index (χ2n) is 7.05. The van der Waals surface area contributed by atoms with Crippen molar-refractivity contribution in [2.24, 2.45) is 5.73 Å². The summed E-state index contributed by atoms with van der Waals surface area (Å²) in [7, 11) is 0. The van der Waals surface area contributed by atoms with Crippen LogP contribution in [-0.4, -0.2) is 18.5 Å². The van der Waals surface area contributed by atoms with Gasteiger partial charge in [0.05, 0.1) is 12.0 Å². The molecule has 31 heavy (non-hydrogen) atoms. The van der Waals surface area contributed by atoms with E-state index in [1.165, 1.54) is 0 Å². The van der Waals surface area contributed by atoms with Gasteiger partial charge in [-0.2, -0.15) is 0 Å². The number of fused-ring (bicyclic) bond motifs is 6. The van der Waals surface area contributed by atoms with Crippen molar-refractivity contribution < 1.29 is 23.5 Å². The first kappa shape index (κ1) is 19.4. The van der Waals surface area contributed by atoms with Crippen molar-refractivity contribution in [1.82, 2.24) is 0 Å². The van der Waals surface area contributed by atoms with Gasteiger partial charge < -0.3 is 24.9 Å². The summed E-state index contributed by atoms with van der Waals surface area (Å²) in [6.45, 7) is 1.66. The Labute approximate surface area is 183 Å². The number of hydrogen-bond acceptors (Lipinski definition) is 7. The van der Waals surface area contributed by atoms with Crippen molar-refractivity contribution in [3.05, 3.63) is 79.9 Å². The highest BCUT2D eigenvalue weighted by atomic mass is 79.9. The van der Waals surface area contributed by atoms with Crippen LogP contribution < -0.4 is 21.4 Å². The number of nitrogens with two attached hydrogens (primary N) is 1. The first-order valence-electron chi connectivity index (χ1n) is 9.42. The lowest BCUT2D eigenvalue weighted by molar-refractivity contribution is -0.140. The summed E-state index contributed by atoms with van der Waals surface area (Å²) in [5.41, 5.74) is 4.17. The molecule has 2 aliphatic heterocycles. The molecule has 9 heteroatoms. The van der Waals surface area contributed by atoms with Crippen LogP contribution in [0.25, 0.3) is 11.0 Å². The van der Waals surface area contributed by atoms with Crippen LogP contribution in [0.2, 0.25) is 0 Å². The van der Waals surface area contributed by atoms with E-state index >= 15 is 0 Å². The molecule has 0 saturated carbocycles. The van der Waals surface area contributed by atoms with Gasteiger partial charge in [-0.25, -0.2) is 9.59 Å². The molecule has 0 aliphatic carbocycles. The minimum absolute atomic E-state index is 0.0395. The fourth-order valence-corrected chi connectivity index (χ4v) is 4.61. The Balaban J connectivity index is 1.98. The third-order valence-electron chi connectivity index (χ3n) is 5.43. The van der Waals surface area contributed by atoms with Gasteiger partial charge >= 0.3 is 11.6 Å². The van der Waals surface area contributed by atoms with Gasteiger partial charge in [0, 0.05) is 15.7 Å². The molecule has 3 aromatic rings. The molecule has 1 aromatic heterocycles. The van der Waals surface area contributed by atoms with E-state index in [0.29, 0.717) is 21.1 Å². The zero-order chi connectivity index (χ0) is 21.9. The normalized spacial score (nSPS) is 19.1. The topological polar surface area (TPSA) is 121 Å². The average molecular weight is 483 g/mol. The number of anilines is 1. The van der Waals surface area contributed by atoms with Crippen molar-refractivity contribution in [3.63, 3.8) is 0 Å². The Bertz CT molecular complexity index is 1390. The number of benzene rings is 2. The van der Waals surface area contributed by atoms with Crippen LogP contribution in [0, 0.1) is 0 Å². The number of para-hydroxylation sites is 1. The van der Waals surface area contributed by atoms with Gasteiger partial charge in [-0.15, -0.1) is 0 Å². The Kier molecular flexibility index (Phi) is 4.19. The Morgan fingerprint density at radius 2 is 2.00 bits per heavy atom. The number of halogens is 1. The maximum Gasteiger partial charge on any atom is 0.345 e. The maximum absolute atomic E-state index is 13.6. The van der Waals surface area contributed by atoms with Gasteiger partial charge in [-0.1, -0.05) is 28.1 Å². The quantitative estimate of drug-likeness (QED) is 0.425. The molecule has 0 radical (unpaired) electrons. The van der Waals surface area contributed by atoms with Gasteiger partial charge in [0.1, 0.15) is 22.1 Å². The highest BCUT2D eigenvalue weighted by molar-refractivity contribution is 9.10. The summed E-state index contributed by atoms with van der Waals surface area (Å²) in [5, 5.41) is 3.20. The first-order chi connectivity index (χ1) is 14.9. The Hall–Kier alpha value is -3.59. The molecule has 0 fully saturated rings. The molecular weight excluding hydrogens is 468 g/mol. The molecule has 5 rings (SSSR count). The van der Waals surface area contributed by atoms with Crippen molar-refractivity contribution in [2.45, 2.75) is 12.3 Å². The fraction of sp³-hybridized carbons (Fsp3) is 0.136. The molecular formula is C22H15BrN2O6. The number of carbonyl (C=O) groups excluding carboxylic acids is 2. The number of ether oxygens (including phenoxy) is 2. The number of hydrogen-bond donors (Lipinski definition) is 2. The summed E-state index contributed by atoms with van der Waals surface area (Å²) in [4.78, 5) is 39.9. The van der Waals surface area contributed by atoms with E-state index in [1.54, 1.807) is 49.4 Å². The minimum atomic E-state index is -1.90. The second kappa shape index (κ2) is 6.71. The van der Waals surface area contributed by atoms with E-state index in [1.807, 2.05) is 0 Å². The number of esters is 1. The zero-order valence-electron chi connectivity index (χ0n) is 16.2. The van der Waals surface area contributed by atoms with Crippen LogP contribution >= 0.6 is 15.9 Å². The molecule has 2 aromatic carbocycles. The van der Waals surface area contributed by atoms with E-state index < -0.39 is 22.9 Å². The molecule has 1 amide bonds. The Morgan fingerprint density at radius 1 is 1.23 bits per heavy atom. The first-order valence-corrected chi connectivity index (χ1v) is 10.2. The van der Waals surface area contributed by atoms with Crippen LogP contribution in [0.4, 0.5) is 5.69 Å². The number of rotatable bonds is 2. The monoisotopic (exact) mass is 482 g/mol. The van der Waals surface area contributed by atoms with Crippen LogP contribution in [-0.2, 0) is 19.7 Å². The number of nitrogens with one attached hydrogen (secondary N) is 1. The summed E-state index contributed by atoms with van der Waals surface area (Å²) in [5.74, 6) is -1.73. The number of carbonyl (C=O) groups is 2. The highest BCUT2D eigenvalue weighted by Crippen LogP contribution is 2.54. The highest BCUT2D eigenvalue weighted by Gasteiger charge is 2.61. The van der Waals surface area contributed by atoms with E-state index in [0.717, 1.165) is 0 Å². The molecule has 2 aliphatic rings. The molecule has 3 N–H and O–H groups in total. The molecule has 0 unspecified atom stereocenters. The van der Waals surface area contributed by atoms with Crippen LogP contribution in [0.5, 0.6) is 5.75 Å². The van der Waals surface area contributed by atoms with Gasteiger partial charge in [0.25, 0.3) is 0 Å². The van der Waals surface area contributed by atoms with Crippen LogP contribution in [0.3, 0.4) is 0 Å². The molecule has 156 valence electrons. The number of amides is 1. The molecule has 1 spiro atoms. The standard InChI is InChI=1S/C22H15BrN2O6/c1-2-29-19(26)16-18(24)31-17-11-5-3-4-6-14(11)30-20(27)15(17)22(16)12-9-10(23)7-8-13(12)25-21(22)28/h3-9H,2,24H2,1H3,(H,25,28)/t22-/m0/s1. The minimum Gasteiger partial charge on any atom is -0.462 e. The molecule has 1 atom stereocenters. The lowest BCUT2D eigenvalue weighted by Crippen LogP contribution is -2.48. The zero-order valence-corrected chi connectivity index (χ0v) is 17.7. The van der Waals surface area contributed by atoms with E-state index in [2.05, 4.69) is 21.2 Å². The van der Waals surface area contributed by atoms with Gasteiger partial charge in [0.15, 0.2) is 5.75 Å². The smallest absolute Gasteiger partial charge is 0.345 e. The third kappa shape index (κ3) is 2.50. The molecule has 3 heterocycles. The van der Waals surface area contributed by atoms with Crippen LogP contribution in [0.15, 0.2) is 67.6 Å². The summed E-state index contributed by atoms with van der Waals surface area (Å²) < 4.78 is 17.1.